The fourth-order valence-electron chi connectivity index (χ4n) is 6.59. The Bertz CT molecular complexity index is 1980. The summed E-state index contributed by atoms with van der Waals surface area (Å²) < 4.78 is 57.1. The quantitative estimate of drug-likeness (QED) is 0.0964. The highest BCUT2D eigenvalue weighted by Crippen LogP contribution is 2.50. The van der Waals surface area contributed by atoms with Gasteiger partial charge in [0, 0.05) is 5.39 Å². The number of nitrogens with one attached hydrogen (secondary N) is 2. The van der Waals surface area contributed by atoms with E-state index in [0.717, 1.165) is 37.5 Å². The normalized spacial score (nSPS) is 24.2. The molecule has 1 saturated carbocycles. The Labute approximate surface area is 293 Å². The fraction of sp³-hybridized carbons (Fsp3) is 0.441. The monoisotopic (exact) mass is 722 g/mol. The topological polar surface area (TPSA) is 183 Å². The lowest BCUT2D eigenvalue weighted by atomic mass is 9.98. The molecule has 270 valence electrons. The summed E-state index contributed by atoms with van der Waals surface area (Å²) in [6.07, 6.45) is 1.36. The molecule has 4 aromatic rings. The Hall–Kier alpha value is -4.76. The van der Waals surface area contributed by atoms with E-state index in [9.17, 15) is 14.2 Å². The van der Waals surface area contributed by atoms with Gasteiger partial charge in [-0.1, -0.05) is 42.8 Å². The van der Waals surface area contributed by atoms with Crippen molar-refractivity contribution in [3.05, 3.63) is 67.6 Å². The fourth-order valence-corrected chi connectivity index (χ4v) is 8.30. The number of aromatic nitrogens is 4. The van der Waals surface area contributed by atoms with Crippen molar-refractivity contribution in [2.45, 2.75) is 88.7 Å². The van der Waals surface area contributed by atoms with Crippen LogP contribution in [0.3, 0.4) is 0 Å². The van der Waals surface area contributed by atoms with Crippen molar-refractivity contribution in [1.29, 1.82) is 0 Å². The van der Waals surface area contributed by atoms with Crippen molar-refractivity contribution in [2.24, 2.45) is 0 Å². The molecule has 2 aromatic carbocycles. The molecule has 3 aliphatic rings. The predicted octanol–water partition coefficient (Wildman–Crippen LogP) is 5.76. The SMILES string of the molecule is C=C(Nc1ncnc2c1ncn2[C@@H]1O[C@H](C(C)OP(=O)(NC(C)C(=O)OC2CCCCC2)Oc2cccc3ccccc23)C2OC(=O)OC21)OC. The number of carbonyl (C=O) groups is 2. The van der Waals surface area contributed by atoms with Gasteiger partial charge in [-0.3, -0.25) is 13.9 Å². The van der Waals surface area contributed by atoms with Crippen molar-refractivity contribution in [3.8, 4) is 5.75 Å². The van der Waals surface area contributed by atoms with Crippen molar-refractivity contribution in [2.75, 3.05) is 12.4 Å². The molecule has 7 atom stereocenters. The Kier molecular flexibility index (Phi) is 9.84. The van der Waals surface area contributed by atoms with Gasteiger partial charge < -0.3 is 33.5 Å². The highest BCUT2D eigenvalue weighted by molar-refractivity contribution is 7.52. The molecule has 0 bridgehead atoms. The lowest BCUT2D eigenvalue weighted by Crippen LogP contribution is -2.41. The van der Waals surface area contributed by atoms with Crippen LogP contribution in [0.25, 0.3) is 21.9 Å². The number of nitrogens with zero attached hydrogens (tertiary/aromatic N) is 4. The van der Waals surface area contributed by atoms with E-state index in [-0.39, 0.29) is 17.7 Å². The van der Waals surface area contributed by atoms with E-state index in [1.54, 1.807) is 30.5 Å². The number of imidazole rings is 1. The number of fused-ring (bicyclic) bond motifs is 3. The van der Waals surface area contributed by atoms with Crippen molar-refractivity contribution in [1.82, 2.24) is 24.6 Å². The van der Waals surface area contributed by atoms with Gasteiger partial charge >= 0.3 is 19.9 Å². The molecule has 51 heavy (non-hydrogen) atoms. The van der Waals surface area contributed by atoms with Crippen LogP contribution in [0, 0.1) is 0 Å². The van der Waals surface area contributed by atoms with Crippen LogP contribution in [-0.4, -0.2) is 75.3 Å². The number of carbonyl (C=O) groups excluding carboxylic acids is 2. The molecule has 0 spiro atoms. The Morgan fingerprint density at radius 3 is 2.61 bits per heavy atom. The highest BCUT2D eigenvalue weighted by atomic mass is 31.2. The number of hydrogen-bond donors (Lipinski definition) is 2. The molecule has 2 N–H and O–H groups in total. The van der Waals surface area contributed by atoms with Crippen LogP contribution in [0.5, 0.6) is 5.75 Å². The first-order valence-electron chi connectivity index (χ1n) is 16.8. The zero-order chi connectivity index (χ0) is 35.7. The maximum atomic E-state index is 14.8. The minimum atomic E-state index is -4.39. The summed E-state index contributed by atoms with van der Waals surface area (Å²) in [6, 6.07) is 11.7. The number of benzene rings is 2. The van der Waals surface area contributed by atoms with Gasteiger partial charge in [0.15, 0.2) is 41.3 Å². The van der Waals surface area contributed by atoms with Gasteiger partial charge in [0.25, 0.3) is 0 Å². The summed E-state index contributed by atoms with van der Waals surface area (Å²) in [5.74, 6) is 0.271. The van der Waals surface area contributed by atoms with Gasteiger partial charge in [-0.05, 0) is 57.6 Å². The molecule has 0 radical (unpaired) electrons. The van der Waals surface area contributed by atoms with E-state index in [1.807, 2.05) is 30.3 Å². The van der Waals surface area contributed by atoms with Gasteiger partial charge in [-0.15, -0.1) is 0 Å². The second kappa shape index (κ2) is 14.5. The van der Waals surface area contributed by atoms with Gasteiger partial charge in [-0.2, -0.15) is 5.09 Å². The lowest BCUT2D eigenvalue weighted by molar-refractivity contribution is -0.152. The van der Waals surface area contributed by atoms with Gasteiger partial charge in [0.2, 0.25) is 0 Å². The van der Waals surface area contributed by atoms with E-state index in [0.29, 0.717) is 22.4 Å². The molecule has 2 saturated heterocycles. The summed E-state index contributed by atoms with van der Waals surface area (Å²) in [7, 11) is -2.93. The maximum Gasteiger partial charge on any atom is 0.509 e. The molecular formula is C34H39N6O10P. The maximum absolute atomic E-state index is 14.8. The van der Waals surface area contributed by atoms with Gasteiger partial charge in [0.1, 0.15) is 30.3 Å². The largest absolute Gasteiger partial charge is 0.509 e. The van der Waals surface area contributed by atoms with E-state index >= 15 is 0 Å². The van der Waals surface area contributed by atoms with Crippen LogP contribution in [0.4, 0.5) is 10.6 Å². The predicted molar refractivity (Wildman–Crippen MR) is 182 cm³/mol. The first kappa shape index (κ1) is 34.7. The standard InChI is InChI=1S/C34H39N6O10P/c1-19(33(41)45-23-13-6-5-7-14-23)39-51(43,50-25-16-10-12-22-11-8-9-15-24(22)25)49-20(2)27-28-29(48-34(42)47-28)32(46-27)40-18-37-26-30(38-21(3)44-4)35-17-36-31(26)40/h8-12,15-20,23,27-29,32H,3,5-7,13-14H2,1-2,4H3,(H,39,43)(H,35,36,38)/t19?,20?,27-,28?,29?,32-,51?/m1/s1. The molecule has 0 amide bonds. The molecular weight excluding hydrogens is 683 g/mol. The van der Waals surface area contributed by atoms with Crippen LogP contribution < -0.4 is 14.9 Å². The van der Waals surface area contributed by atoms with Crippen molar-refractivity contribution in [3.63, 3.8) is 0 Å². The minimum absolute atomic E-state index is 0.207. The molecule has 16 nitrogen and oxygen atoms in total. The van der Waals surface area contributed by atoms with Gasteiger partial charge in [0.05, 0.1) is 19.5 Å². The number of hydrogen-bond acceptors (Lipinski definition) is 14. The van der Waals surface area contributed by atoms with Crippen LogP contribution >= 0.6 is 7.75 Å². The smallest absolute Gasteiger partial charge is 0.483 e. The number of anilines is 1. The molecule has 7 rings (SSSR count). The summed E-state index contributed by atoms with van der Waals surface area (Å²) >= 11 is 0. The zero-order valence-electron chi connectivity index (χ0n) is 28.3. The summed E-state index contributed by atoms with van der Waals surface area (Å²) in [5, 5.41) is 7.25. The first-order chi connectivity index (χ1) is 24.6. The number of esters is 1. The van der Waals surface area contributed by atoms with Crippen LogP contribution in [0.2, 0.25) is 0 Å². The average Bonchev–Trinajstić information content (AvgIpc) is 3.82. The number of methoxy groups -OCH3 is 1. The van der Waals surface area contributed by atoms with Crippen LogP contribution in [0.1, 0.15) is 52.2 Å². The average molecular weight is 723 g/mol. The Balaban J connectivity index is 1.16. The second-order valence-corrected chi connectivity index (χ2v) is 14.3. The van der Waals surface area contributed by atoms with E-state index in [2.05, 4.69) is 31.9 Å². The third-order valence-electron chi connectivity index (χ3n) is 9.10. The summed E-state index contributed by atoms with van der Waals surface area (Å²) in [4.78, 5) is 38.7. The molecule has 2 aromatic heterocycles. The third-order valence-corrected chi connectivity index (χ3v) is 10.9. The molecule has 4 heterocycles. The Morgan fingerprint density at radius 2 is 1.80 bits per heavy atom. The first-order valence-corrected chi connectivity index (χ1v) is 18.3. The minimum Gasteiger partial charge on any atom is -0.483 e. The lowest BCUT2D eigenvalue weighted by Gasteiger charge is -2.30. The molecule has 5 unspecified atom stereocenters. The van der Waals surface area contributed by atoms with E-state index < -0.39 is 56.6 Å². The number of ether oxygens (including phenoxy) is 5. The summed E-state index contributed by atoms with van der Waals surface area (Å²) in [6.45, 7) is 6.91. The third kappa shape index (κ3) is 7.22. The molecule has 1 aliphatic carbocycles. The number of rotatable bonds is 13. The highest BCUT2D eigenvalue weighted by Gasteiger charge is 2.58. The zero-order valence-corrected chi connectivity index (χ0v) is 29.2. The van der Waals surface area contributed by atoms with E-state index in [4.69, 9.17) is 32.7 Å². The summed E-state index contributed by atoms with van der Waals surface area (Å²) in [5.41, 5.74) is 0.731. The molecule has 17 heteroatoms. The van der Waals surface area contributed by atoms with Crippen LogP contribution in [0.15, 0.2) is 67.6 Å². The van der Waals surface area contributed by atoms with Gasteiger partial charge in [-0.25, -0.2) is 24.3 Å². The Morgan fingerprint density at radius 1 is 1.04 bits per heavy atom. The van der Waals surface area contributed by atoms with Crippen molar-refractivity contribution < 1.29 is 46.9 Å². The molecule has 3 fully saturated rings. The van der Waals surface area contributed by atoms with Crippen LogP contribution in [-0.2, 0) is 37.6 Å². The molecule has 2 aliphatic heterocycles. The van der Waals surface area contributed by atoms with E-state index in [1.165, 1.54) is 19.8 Å². The van der Waals surface area contributed by atoms with Crippen molar-refractivity contribution >= 4 is 47.6 Å². The second-order valence-electron chi connectivity index (χ2n) is 12.6.